The van der Waals surface area contributed by atoms with Crippen molar-refractivity contribution < 1.29 is 9.47 Å². The van der Waals surface area contributed by atoms with E-state index >= 15 is 0 Å². The lowest BCUT2D eigenvalue weighted by molar-refractivity contribution is 0.281. The molecule has 3 aromatic carbocycles. The third-order valence-corrected chi connectivity index (χ3v) is 6.29. The molecule has 2 heterocycles. The maximum Gasteiger partial charge on any atom is 0.153 e. The highest BCUT2D eigenvalue weighted by Gasteiger charge is 2.19. The summed E-state index contributed by atoms with van der Waals surface area (Å²) in [6, 6.07) is 20.7. The fraction of sp³-hybridized carbons (Fsp3) is 0.286. The second-order valence-corrected chi connectivity index (χ2v) is 9.22. The number of benzene rings is 3. The molecule has 6 N–H and O–H groups in total. The predicted octanol–water partition coefficient (Wildman–Crippen LogP) is 3.81. The molecule has 0 saturated heterocycles. The van der Waals surface area contributed by atoms with Crippen LogP contribution in [0, 0.1) is 0 Å². The monoisotopic (exact) mass is 484 g/mol. The van der Waals surface area contributed by atoms with Gasteiger partial charge in [-0.05, 0) is 60.4 Å². The Morgan fingerprint density at radius 3 is 1.50 bits per heavy atom. The van der Waals surface area contributed by atoms with Gasteiger partial charge in [0.1, 0.15) is 34.5 Å². The van der Waals surface area contributed by atoms with Crippen molar-refractivity contribution >= 4 is 23.0 Å². The van der Waals surface area contributed by atoms with Gasteiger partial charge in [-0.15, -0.1) is 0 Å². The van der Waals surface area contributed by atoms with Gasteiger partial charge >= 0.3 is 0 Å². The molecule has 186 valence electrons. The van der Waals surface area contributed by atoms with E-state index in [0.717, 1.165) is 60.2 Å². The fourth-order valence-corrected chi connectivity index (χ4v) is 4.23. The van der Waals surface area contributed by atoms with Crippen LogP contribution in [-0.4, -0.2) is 23.9 Å². The molecule has 0 fully saturated rings. The normalized spacial score (nSPS) is 18.3. The van der Waals surface area contributed by atoms with Gasteiger partial charge in [0.05, 0.1) is 0 Å². The number of ether oxygens (including phenoxy) is 2. The van der Waals surface area contributed by atoms with Gasteiger partial charge in [-0.1, -0.05) is 36.4 Å². The van der Waals surface area contributed by atoms with Gasteiger partial charge < -0.3 is 31.6 Å². The van der Waals surface area contributed by atoms with Crippen molar-refractivity contribution in [3.05, 3.63) is 82.9 Å². The summed E-state index contributed by atoms with van der Waals surface area (Å²) < 4.78 is 11.6. The van der Waals surface area contributed by atoms with Crippen LogP contribution >= 0.6 is 0 Å². The zero-order valence-electron chi connectivity index (χ0n) is 20.6. The second kappa shape index (κ2) is 10.4. The highest BCUT2D eigenvalue weighted by molar-refractivity contribution is 5.90. The van der Waals surface area contributed by atoms with Gasteiger partial charge in [-0.25, -0.2) is 9.98 Å². The summed E-state index contributed by atoms with van der Waals surface area (Å²) >= 11 is 0. The number of amidine groups is 2. The zero-order chi connectivity index (χ0) is 25.1. The highest BCUT2D eigenvalue weighted by atomic mass is 16.5. The van der Waals surface area contributed by atoms with Crippen molar-refractivity contribution in [1.82, 2.24) is 10.6 Å². The van der Waals surface area contributed by atoms with Crippen LogP contribution in [0.3, 0.4) is 0 Å². The fourth-order valence-electron chi connectivity index (χ4n) is 4.23. The third kappa shape index (κ3) is 5.50. The van der Waals surface area contributed by atoms with E-state index in [1.807, 2.05) is 38.1 Å². The second-order valence-electron chi connectivity index (χ2n) is 9.22. The topological polar surface area (TPSA) is 119 Å². The first-order valence-electron chi connectivity index (χ1n) is 12.2. The van der Waals surface area contributed by atoms with Crippen LogP contribution in [0.5, 0.6) is 11.5 Å². The number of rotatable bonds is 8. The lowest BCUT2D eigenvalue weighted by atomic mass is 10.1. The van der Waals surface area contributed by atoms with E-state index in [9.17, 15) is 0 Å². The van der Waals surface area contributed by atoms with E-state index < -0.39 is 0 Å². The first-order valence-corrected chi connectivity index (χ1v) is 12.2. The molecule has 8 nitrogen and oxygen atoms in total. The smallest absolute Gasteiger partial charge is 0.153 e. The number of fused-ring (bicyclic) bond motifs is 2. The molecule has 2 aliphatic heterocycles. The molecule has 36 heavy (non-hydrogen) atoms. The predicted molar refractivity (Wildman–Crippen MR) is 143 cm³/mol. The highest BCUT2D eigenvalue weighted by Crippen LogP contribution is 2.33. The van der Waals surface area contributed by atoms with Gasteiger partial charge in [-0.3, -0.25) is 0 Å². The van der Waals surface area contributed by atoms with Crippen molar-refractivity contribution in [2.24, 2.45) is 21.5 Å². The molecule has 0 spiro atoms. The van der Waals surface area contributed by atoms with Crippen LogP contribution in [0.4, 0.5) is 11.4 Å². The van der Waals surface area contributed by atoms with Crippen molar-refractivity contribution in [3.8, 4) is 11.5 Å². The SMILES string of the molecule is CC1Oc2ccc(CNCc3cccc(CNCc4ccc5c(c4)N=C(N)C(C)O5)c3)cc2N=C1N. The number of nitrogens with two attached hydrogens (primary N) is 2. The molecule has 0 amide bonds. The van der Waals surface area contributed by atoms with Crippen LogP contribution in [0.1, 0.15) is 36.1 Å². The molecule has 0 aromatic heterocycles. The number of aliphatic imine (C=N–C) groups is 2. The molecule has 0 aliphatic carbocycles. The summed E-state index contributed by atoms with van der Waals surface area (Å²) in [4.78, 5) is 8.92. The Bertz CT molecular complexity index is 1220. The maximum atomic E-state index is 5.93. The van der Waals surface area contributed by atoms with E-state index in [1.165, 1.54) is 11.1 Å². The van der Waals surface area contributed by atoms with Crippen molar-refractivity contribution in [1.29, 1.82) is 0 Å². The van der Waals surface area contributed by atoms with Crippen molar-refractivity contribution in [2.75, 3.05) is 0 Å². The summed E-state index contributed by atoms with van der Waals surface area (Å²) in [5, 5.41) is 7.03. The molecule has 2 aliphatic rings. The number of nitrogens with one attached hydrogen (secondary N) is 2. The Balaban J connectivity index is 1.12. The van der Waals surface area contributed by atoms with E-state index in [0.29, 0.717) is 11.7 Å². The molecule has 0 bridgehead atoms. The molecular formula is C28H32N6O2. The van der Waals surface area contributed by atoms with Gasteiger partial charge in [-0.2, -0.15) is 0 Å². The van der Waals surface area contributed by atoms with Crippen molar-refractivity contribution in [2.45, 2.75) is 52.2 Å². The molecule has 2 atom stereocenters. The summed E-state index contributed by atoms with van der Waals surface area (Å²) in [5.74, 6) is 2.56. The first kappa shape index (κ1) is 23.8. The van der Waals surface area contributed by atoms with Gasteiger partial charge in [0.15, 0.2) is 12.2 Å². The Kier molecular flexibility index (Phi) is 6.88. The number of hydrogen-bond acceptors (Lipinski definition) is 8. The standard InChI is InChI=1S/C28H32N6O2/c1-17-27(29)33-23-11-21(6-8-25(23)35-17)15-31-13-19-4-3-5-20(10-19)14-32-16-22-7-9-26-24(12-22)34-28(30)18(2)36-26/h3-12,17-18,31-32H,13-16H2,1-2H3,(H2,29,33)(H2,30,34). The quantitative estimate of drug-likeness (QED) is 0.386. The Hall–Kier alpha value is -3.88. The van der Waals surface area contributed by atoms with Crippen LogP contribution in [0.25, 0.3) is 0 Å². The minimum absolute atomic E-state index is 0.187. The Morgan fingerprint density at radius 2 is 1.06 bits per heavy atom. The van der Waals surface area contributed by atoms with Crippen LogP contribution in [0.2, 0.25) is 0 Å². The van der Waals surface area contributed by atoms with Crippen molar-refractivity contribution in [3.63, 3.8) is 0 Å². The average molecular weight is 485 g/mol. The van der Waals surface area contributed by atoms with Gasteiger partial charge in [0.25, 0.3) is 0 Å². The third-order valence-electron chi connectivity index (χ3n) is 6.29. The summed E-state index contributed by atoms with van der Waals surface area (Å²) in [5.41, 5.74) is 18.2. The lowest BCUT2D eigenvalue weighted by Crippen LogP contribution is -2.33. The van der Waals surface area contributed by atoms with E-state index in [-0.39, 0.29) is 12.2 Å². The molecule has 0 radical (unpaired) electrons. The van der Waals surface area contributed by atoms with E-state index in [2.05, 4.69) is 57.0 Å². The van der Waals surface area contributed by atoms with E-state index in [4.69, 9.17) is 20.9 Å². The zero-order valence-corrected chi connectivity index (χ0v) is 20.6. The van der Waals surface area contributed by atoms with Gasteiger partial charge in [0, 0.05) is 26.2 Å². The summed E-state index contributed by atoms with van der Waals surface area (Å²) in [6.07, 6.45) is -0.374. The average Bonchev–Trinajstić information content (AvgIpc) is 2.86. The summed E-state index contributed by atoms with van der Waals surface area (Å²) in [7, 11) is 0. The largest absolute Gasteiger partial charge is 0.481 e. The first-order chi connectivity index (χ1) is 17.4. The van der Waals surface area contributed by atoms with Crippen LogP contribution in [0.15, 0.2) is 70.6 Å². The Morgan fingerprint density at radius 1 is 0.639 bits per heavy atom. The lowest BCUT2D eigenvalue weighted by Gasteiger charge is -2.21. The molecule has 8 heteroatoms. The maximum absolute atomic E-state index is 5.93. The van der Waals surface area contributed by atoms with Crippen LogP contribution in [-0.2, 0) is 26.2 Å². The molecule has 3 aromatic rings. The summed E-state index contributed by atoms with van der Waals surface area (Å²) in [6.45, 7) is 6.80. The minimum Gasteiger partial charge on any atom is -0.481 e. The number of nitrogens with zero attached hydrogens (tertiary/aromatic N) is 2. The minimum atomic E-state index is -0.187. The molecule has 2 unspecified atom stereocenters. The van der Waals surface area contributed by atoms with Crippen LogP contribution < -0.4 is 31.6 Å². The Labute approximate surface area is 211 Å². The number of hydrogen-bond donors (Lipinski definition) is 4. The van der Waals surface area contributed by atoms with E-state index in [1.54, 1.807) is 0 Å². The van der Waals surface area contributed by atoms with Gasteiger partial charge in [0.2, 0.25) is 0 Å². The molecular weight excluding hydrogens is 452 g/mol. The molecule has 0 saturated carbocycles. The molecule has 5 rings (SSSR count).